The Labute approximate surface area is 184 Å². The maximum Gasteiger partial charge on any atom is 0.265 e. The van der Waals surface area contributed by atoms with Crippen LogP contribution in [0.1, 0.15) is 28.8 Å². The van der Waals surface area contributed by atoms with Crippen LogP contribution in [0.25, 0.3) is 0 Å². The quantitative estimate of drug-likeness (QED) is 0.729. The van der Waals surface area contributed by atoms with Gasteiger partial charge in [0.1, 0.15) is 11.6 Å². The normalized spacial score (nSPS) is 19.4. The molecule has 1 atom stereocenters. The Balaban J connectivity index is 1.40. The van der Waals surface area contributed by atoms with E-state index in [1.165, 1.54) is 18.2 Å². The summed E-state index contributed by atoms with van der Waals surface area (Å²) in [7, 11) is 0. The van der Waals surface area contributed by atoms with Crippen molar-refractivity contribution in [3.63, 3.8) is 0 Å². The van der Waals surface area contributed by atoms with Gasteiger partial charge in [-0.2, -0.15) is 5.26 Å². The maximum atomic E-state index is 13.2. The van der Waals surface area contributed by atoms with Gasteiger partial charge in [0, 0.05) is 18.7 Å². The van der Waals surface area contributed by atoms with Gasteiger partial charge in [-0.1, -0.05) is 23.7 Å². The van der Waals surface area contributed by atoms with Gasteiger partial charge < -0.3 is 15.0 Å². The smallest absolute Gasteiger partial charge is 0.265 e. The monoisotopic (exact) mass is 441 g/mol. The maximum absolute atomic E-state index is 13.2. The lowest BCUT2D eigenvalue weighted by Crippen LogP contribution is -2.51. The minimum Gasteiger partial charge on any atom is -0.477 e. The van der Waals surface area contributed by atoms with Crippen LogP contribution in [-0.2, 0) is 11.2 Å². The Hall–Kier alpha value is -3.11. The first kappa shape index (κ1) is 21.1. The first-order valence-electron chi connectivity index (χ1n) is 10.1. The molecule has 0 radical (unpaired) electrons. The van der Waals surface area contributed by atoms with E-state index in [9.17, 15) is 19.2 Å². The van der Waals surface area contributed by atoms with E-state index in [2.05, 4.69) is 11.4 Å². The van der Waals surface area contributed by atoms with Gasteiger partial charge in [-0.05, 0) is 49.1 Å². The van der Waals surface area contributed by atoms with E-state index in [4.69, 9.17) is 16.3 Å². The van der Waals surface area contributed by atoms with Gasteiger partial charge in [0.25, 0.3) is 5.91 Å². The van der Waals surface area contributed by atoms with E-state index in [0.717, 1.165) is 5.56 Å². The van der Waals surface area contributed by atoms with Gasteiger partial charge in [0.05, 0.1) is 28.7 Å². The van der Waals surface area contributed by atoms with E-state index in [1.807, 2.05) is 0 Å². The number of carbonyl (C=O) groups excluding carboxylic acids is 2. The number of ether oxygens (including phenoxy) is 1. The van der Waals surface area contributed by atoms with Crippen molar-refractivity contribution < 1.29 is 18.7 Å². The van der Waals surface area contributed by atoms with Crippen LogP contribution in [0, 0.1) is 22.6 Å². The Morgan fingerprint density at radius 2 is 2.03 bits per heavy atom. The second-order valence-electron chi connectivity index (χ2n) is 8.00. The van der Waals surface area contributed by atoms with Crippen molar-refractivity contribution in [2.45, 2.75) is 25.4 Å². The topological polar surface area (TPSA) is 82.4 Å². The number of nitrogens with zero attached hydrogens (tertiary/aromatic N) is 2. The van der Waals surface area contributed by atoms with E-state index in [1.54, 1.807) is 23.1 Å². The number of nitriles is 1. The van der Waals surface area contributed by atoms with Gasteiger partial charge in [-0.25, -0.2) is 4.39 Å². The van der Waals surface area contributed by atoms with Crippen molar-refractivity contribution in [2.24, 2.45) is 5.41 Å². The molecule has 2 aliphatic rings. The number of halogens is 2. The molecule has 2 aromatic carbocycles. The van der Waals surface area contributed by atoms with Crippen molar-refractivity contribution in [3.8, 4) is 11.8 Å². The van der Waals surface area contributed by atoms with Crippen LogP contribution in [-0.4, -0.2) is 42.8 Å². The third kappa shape index (κ3) is 4.35. The molecule has 0 aliphatic carbocycles. The number of carbonyl (C=O) groups is 2. The molecule has 2 aromatic rings. The number of hydrogen-bond donors (Lipinski definition) is 1. The summed E-state index contributed by atoms with van der Waals surface area (Å²) < 4.78 is 19.0. The minimum absolute atomic E-state index is 0.158. The van der Waals surface area contributed by atoms with E-state index in [0.29, 0.717) is 60.7 Å². The van der Waals surface area contributed by atoms with Crippen LogP contribution in [0.5, 0.6) is 5.75 Å². The first-order chi connectivity index (χ1) is 14.9. The Morgan fingerprint density at radius 1 is 1.32 bits per heavy atom. The molecule has 0 bridgehead atoms. The summed E-state index contributed by atoms with van der Waals surface area (Å²) in [6, 6.07) is 11.8. The molecule has 31 heavy (non-hydrogen) atoms. The van der Waals surface area contributed by atoms with Crippen molar-refractivity contribution in [1.29, 1.82) is 5.26 Å². The molecule has 1 amide bonds. The van der Waals surface area contributed by atoms with Crippen LogP contribution in [0.2, 0.25) is 5.02 Å². The summed E-state index contributed by atoms with van der Waals surface area (Å²) in [4.78, 5) is 25.9. The highest BCUT2D eigenvalue weighted by Gasteiger charge is 2.39. The molecule has 2 heterocycles. The fraction of sp³-hybridized carbons (Fsp3) is 0.348. The molecule has 0 spiro atoms. The number of likely N-dealkylation sites (tertiary alicyclic amines) is 1. The average Bonchev–Trinajstić information content (AvgIpc) is 2.80. The molecule has 1 saturated heterocycles. The molecule has 6 nitrogen and oxygen atoms in total. The second kappa shape index (κ2) is 8.56. The van der Waals surface area contributed by atoms with Gasteiger partial charge in [-0.15, -0.1) is 0 Å². The molecule has 0 saturated carbocycles. The molecule has 1 fully saturated rings. The number of amides is 1. The summed E-state index contributed by atoms with van der Waals surface area (Å²) >= 11 is 6.04. The van der Waals surface area contributed by atoms with Crippen LogP contribution in [0.3, 0.4) is 0 Å². The lowest BCUT2D eigenvalue weighted by molar-refractivity contribution is -0.140. The molecule has 0 aromatic heterocycles. The highest BCUT2D eigenvalue weighted by Crippen LogP contribution is 2.37. The predicted molar refractivity (Wildman–Crippen MR) is 114 cm³/mol. The van der Waals surface area contributed by atoms with Gasteiger partial charge in [0.15, 0.2) is 12.4 Å². The largest absolute Gasteiger partial charge is 0.477 e. The predicted octanol–water partition coefficient (Wildman–Crippen LogP) is 3.84. The number of nitrogens with one attached hydrogen (secondary N) is 1. The number of piperidine rings is 1. The van der Waals surface area contributed by atoms with E-state index < -0.39 is 11.5 Å². The highest BCUT2D eigenvalue weighted by atomic mass is 35.5. The molecule has 4 rings (SSSR count). The molecule has 160 valence electrons. The zero-order chi connectivity index (χ0) is 22.0. The zero-order valence-corrected chi connectivity index (χ0v) is 17.5. The number of anilines is 1. The highest BCUT2D eigenvalue weighted by molar-refractivity contribution is 6.33. The fourth-order valence-corrected chi connectivity index (χ4v) is 4.32. The van der Waals surface area contributed by atoms with Crippen molar-refractivity contribution in [3.05, 3.63) is 58.4 Å². The number of fused-ring (bicyclic) bond motifs is 1. The third-order valence-corrected chi connectivity index (χ3v) is 6.30. The number of benzene rings is 2. The zero-order valence-electron chi connectivity index (χ0n) is 16.7. The van der Waals surface area contributed by atoms with Gasteiger partial charge in [0.2, 0.25) is 0 Å². The summed E-state index contributed by atoms with van der Waals surface area (Å²) in [6.45, 7) is 1.18. The summed E-state index contributed by atoms with van der Waals surface area (Å²) in [5.41, 5.74) is 1.26. The molecular formula is C23H21ClFN3O3. The summed E-state index contributed by atoms with van der Waals surface area (Å²) in [5.74, 6) is -0.0507. The lowest BCUT2D eigenvalue weighted by atomic mass is 9.75. The fourth-order valence-electron chi connectivity index (χ4n) is 4.11. The lowest BCUT2D eigenvalue weighted by Gasteiger charge is -2.39. The Kier molecular flexibility index (Phi) is 5.84. The van der Waals surface area contributed by atoms with E-state index >= 15 is 0 Å². The SMILES string of the molecule is N#CC1(Cc2ccc(F)cc2)CCN(C(=O)C2CNc3cc(Cl)c(C=O)cc3O2)CC1. The van der Waals surface area contributed by atoms with E-state index in [-0.39, 0.29) is 18.3 Å². The van der Waals surface area contributed by atoms with Crippen molar-refractivity contribution in [2.75, 3.05) is 25.0 Å². The standard InChI is InChI=1S/C23H21ClFN3O3/c24-18-10-19-20(9-16(18)13-29)31-21(12-27-19)22(30)28-7-5-23(14-26,6-8-28)11-15-1-3-17(25)4-2-15/h1-4,9-10,13,21,27H,5-8,11-12H2. The number of rotatable bonds is 4. The van der Waals surface area contributed by atoms with Crippen LogP contribution in [0.4, 0.5) is 10.1 Å². The van der Waals surface area contributed by atoms with Gasteiger partial charge in [-0.3, -0.25) is 9.59 Å². The van der Waals surface area contributed by atoms with Crippen molar-refractivity contribution >= 4 is 29.5 Å². The number of hydrogen-bond acceptors (Lipinski definition) is 5. The van der Waals surface area contributed by atoms with Crippen LogP contribution < -0.4 is 10.1 Å². The minimum atomic E-state index is -0.722. The summed E-state index contributed by atoms with van der Waals surface area (Å²) in [6.07, 6.45) is 1.52. The average molecular weight is 442 g/mol. The second-order valence-corrected chi connectivity index (χ2v) is 8.40. The molecule has 8 heteroatoms. The summed E-state index contributed by atoms with van der Waals surface area (Å²) in [5, 5.41) is 13.3. The molecule has 2 aliphatic heterocycles. The first-order valence-corrected chi connectivity index (χ1v) is 10.4. The Morgan fingerprint density at radius 3 is 2.68 bits per heavy atom. The number of aldehydes is 1. The molecule has 1 unspecified atom stereocenters. The van der Waals surface area contributed by atoms with Crippen LogP contribution >= 0.6 is 11.6 Å². The Bertz CT molecular complexity index is 1040. The van der Waals surface area contributed by atoms with Crippen molar-refractivity contribution in [1.82, 2.24) is 4.90 Å². The molecular weight excluding hydrogens is 421 g/mol. The van der Waals surface area contributed by atoms with Crippen LogP contribution in [0.15, 0.2) is 36.4 Å². The van der Waals surface area contributed by atoms with Gasteiger partial charge >= 0.3 is 0 Å². The molecule has 1 N–H and O–H groups in total. The third-order valence-electron chi connectivity index (χ3n) is 5.97.